The van der Waals surface area contributed by atoms with E-state index in [1.54, 1.807) is 23.9 Å². The van der Waals surface area contributed by atoms with E-state index in [0.29, 0.717) is 0 Å². The minimum atomic E-state index is -0.237. The molecule has 0 atom stereocenters. The number of benzene rings is 2. The second kappa shape index (κ2) is 6.67. The van der Waals surface area contributed by atoms with Crippen molar-refractivity contribution in [3.63, 3.8) is 0 Å². The lowest BCUT2D eigenvalue weighted by Gasteiger charge is -2.12. The molecule has 2 aromatic carbocycles. The lowest BCUT2D eigenvalue weighted by molar-refractivity contribution is 0.627. The first-order chi connectivity index (χ1) is 10.7. The molecule has 0 amide bonds. The van der Waals surface area contributed by atoms with Crippen LogP contribution in [0, 0.1) is 5.82 Å². The first-order valence-electron chi connectivity index (χ1n) is 6.91. The van der Waals surface area contributed by atoms with E-state index < -0.39 is 0 Å². The Balaban J connectivity index is 2.14. The van der Waals surface area contributed by atoms with Crippen LogP contribution in [-0.2, 0) is 0 Å². The van der Waals surface area contributed by atoms with Crippen molar-refractivity contribution in [3.05, 3.63) is 65.0 Å². The molecule has 0 bridgehead atoms. The van der Waals surface area contributed by atoms with Gasteiger partial charge >= 0.3 is 0 Å². The van der Waals surface area contributed by atoms with E-state index in [4.69, 9.17) is 0 Å². The predicted molar refractivity (Wildman–Crippen MR) is 93.1 cm³/mol. The van der Waals surface area contributed by atoms with Crippen LogP contribution >= 0.6 is 27.7 Å². The molecule has 5 heteroatoms. The molecule has 0 unspecified atom stereocenters. The van der Waals surface area contributed by atoms with Gasteiger partial charge in [0.1, 0.15) is 5.82 Å². The van der Waals surface area contributed by atoms with Gasteiger partial charge < -0.3 is 0 Å². The Kier molecular flexibility index (Phi) is 4.64. The van der Waals surface area contributed by atoms with Gasteiger partial charge in [0.05, 0.1) is 11.9 Å². The second-order valence-corrected chi connectivity index (χ2v) is 6.82. The number of aromatic nitrogens is 2. The minimum absolute atomic E-state index is 0.237. The van der Waals surface area contributed by atoms with Crippen molar-refractivity contribution in [2.75, 3.05) is 5.75 Å². The zero-order valence-electron chi connectivity index (χ0n) is 12.0. The lowest BCUT2D eigenvalue weighted by atomic mass is 10.1. The third-order valence-electron chi connectivity index (χ3n) is 3.23. The number of hydrogen-bond donors (Lipinski definition) is 0. The van der Waals surface area contributed by atoms with Crippen molar-refractivity contribution >= 4 is 27.7 Å². The van der Waals surface area contributed by atoms with Gasteiger partial charge in [0.15, 0.2) is 5.16 Å². The van der Waals surface area contributed by atoms with Crippen molar-refractivity contribution in [2.45, 2.75) is 12.1 Å². The van der Waals surface area contributed by atoms with Gasteiger partial charge in [-0.25, -0.2) is 9.37 Å². The Morgan fingerprint density at radius 3 is 2.41 bits per heavy atom. The quantitative estimate of drug-likeness (QED) is 0.555. The molecule has 22 heavy (non-hydrogen) atoms. The maximum atomic E-state index is 13.2. The van der Waals surface area contributed by atoms with Gasteiger partial charge in [-0.15, -0.1) is 0 Å². The van der Waals surface area contributed by atoms with Crippen LogP contribution in [0.3, 0.4) is 0 Å². The third-order valence-corrected chi connectivity index (χ3v) is 4.59. The first kappa shape index (κ1) is 15.3. The van der Waals surface area contributed by atoms with E-state index in [1.807, 2.05) is 30.5 Å². The minimum Gasteiger partial charge on any atom is -0.287 e. The Labute approximate surface area is 141 Å². The summed E-state index contributed by atoms with van der Waals surface area (Å²) in [5.74, 6) is 0.691. The van der Waals surface area contributed by atoms with E-state index >= 15 is 0 Å². The number of thioether (sulfide) groups is 1. The van der Waals surface area contributed by atoms with Crippen molar-refractivity contribution in [1.29, 1.82) is 0 Å². The maximum absolute atomic E-state index is 13.2. The zero-order chi connectivity index (χ0) is 15.5. The maximum Gasteiger partial charge on any atom is 0.173 e. The summed E-state index contributed by atoms with van der Waals surface area (Å²) in [5.41, 5.74) is 2.98. The molecular weight excluding hydrogens is 363 g/mol. The molecule has 0 aliphatic heterocycles. The first-order valence-corrected chi connectivity index (χ1v) is 8.69. The fraction of sp³-hybridized carbons (Fsp3) is 0.118. The van der Waals surface area contributed by atoms with Crippen molar-refractivity contribution in [3.8, 4) is 16.9 Å². The summed E-state index contributed by atoms with van der Waals surface area (Å²) in [6.07, 6.45) is 1.87. The van der Waals surface area contributed by atoms with Crippen LogP contribution in [0.4, 0.5) is 4.39 Å². The molecule has 3 aromatic rings. The number of hydrogen-bond acceptors (Lipinski definition) is 2. The fourth-order valence-electron chi connectivity index (χ4n) is 2.23. The van der Waals surface area contributed by atoms with Crippen LogP contribution < -0.4 is 0 Å². The van der Waals surface area contributed by atoms with Gasteiger partial charge in [0.2, 0.25) is 0 Å². The number of rotatable bonds is 4. The highest BCUT2D eigenvalue weighted by atomic mass is 79.9. The molecular formula is C17H14BrFN2S. The highest BCUT2D eigenvalue weighted by Gasteiger charge is 2.13. The molecule has 1 heterocycles. The number of imidazole rings is 1. The van der Waals surface area contributed by atoms with Crippen molar-refractivity contribution < 1.29 is 4.39 Å². The lowest BCUT2D eigenvalue weighted by Crippen LogP contribution is -1.99. The molecule has 0 fully saturated rings. The molecule has 2 nitrogen and oxygen atoms in total. The molecule has 1 aromatic heterocycles. The molecule has 0 aliphatic rings. The number of nitrogens with zero attached hydrogens (tertiary/aromatic N) is 2. The molecule has 0 spiro atoms. The summed E-state index contributed by atoms with van der Waals surface area (Å²) in [6, 6.07) is 14.6. The van der Waals surface area contributed by atoms with Crippen molar-refractivity contribution in [1.82, 2.24) is 9.55 Å². The van der Waals surface area contributed by atoms with Gasteiger partial charge in [0.25, 0.3) is 0 Å². The summed E-state index contributed by atoms with van der Waals surface area (Å²) in [5, 5.41) is 0.909. The summed E-state index contributed by atoms with van der Waals surface area (Å²) < 4.78 is 16.3. The highest BCUT2D eigenvalue weighted by Crippen LogP contribution is 2.30. The van der Waals surface area contributed by atoms with Gasteiger partial charge in [-0.3, -0.25) is 4.57 Å². The molecule has 3 rings (SSSR count). The van der Waals surface area contributed by atoms with Crippen LogP contribution in [0.1, 0.15) is 6.92 Å². The molecule has 0 radical (unpaired) electrons. The van der Waals surface area contributed by atoms with E-state index in [-0.39, 0.29) is 5.82 Å². The van der Waals surface area contributed by atoms with Gasteiger partial charge in [-0.1, -0.05) is 46.7 Å². The summed E-state index contributed by atoms with van der Waals surface area (Å²) in [6.45, 7) is 2.09. The number of halogens is 2. The van der Waals surface area contributed by atoms with Crippen LogP contribution in [0.15, 0.2) is 64.4 Å². The SMILES string of the molecule is CCSc1ncc(-c2ccc(Br)cc2)n1-c1ccc(F)cc1. The van der Waals surface area contributed by atoms with Crippen LogP contribution in [0.2, 0.25) is 0 Å². The summed E-state index contributed by atoms with van der Waals surface area (Å²) >= 11 is 5.12. The predicted octanol–water partition coefficient (Wildman–Crippen LogP) is 5.55. The Morgan fingerprint density at radius 2 is 1.77 bits per heavy atom. The average Bonchev–Trinajstić information content (AvgIpc) is 2.93. The van der Waals surface area contributed by atoms with E-state index in [0.717, 1.165) is 32.3 Å². The van der Waals surface area contributed by atoms with E-state index in [9.17, 15) is 4.39 Å². The van der Waals surface area contributed by atoms with Crippen LogP contribution in [0.5, 0.6) is 0 Å². The molecule has 0 saturated carbocycles. The van der Waals surface area contributed by atoms with Gasteiger partial charge in [0, 0.05) is 15.7 Å². The Hall–Kier alpha value is -1.59. The summed E-state index contributed by atoms with van der Waals surface area (Å²) in [4.78, 5) is 4.52. The van der Waals surface area contributed by atoms with Crippen LogP contribution in [-0.4, -0.2) is 15.3 Å². The van der Waals surface area contributed by atoms with Gasteiger partial charge in [-0.2, -0.15) is 0 Å². The topological polar surface area (TPSA) is 17.8 Å². The van der Waals surface area contributed by atoms with Crippen LogP contribution in [0.25, 0.3) is 16.9 Å². The van der Waals surface area contributed by atoms with E-state index in [2.05, 4.69) is 32.4 Å². The molecule has 0 saturated heterocycles. The fourth-order valence-corrected chi connectivity index (χ4v) is 3.21. The van der Waals surface area contributed by atoms with Gasteiger partial charge in [-0.05, 0) is 42.2 Å². The molecule has 112 valence electrons. The van der Waals surface area contributed by atoms with Crippen molar-refractivity contribution in [2.24, 2.45) is 0 Å². The third kappa shape index (κ3) is 3.10. The standard InChI is InChI=1S/C17H14BrFN2S/c1-2-22-17-20-11-16(12-3-5-13(18)6-4-12)21(17)15-9-7-14(19)8-10-15/h3-11H,2H2,1H3. The Morgan fingerprint density at radius 1 is 1.09 bits per heavy atom. The second-order valence-electron chi connectivity index (χ2n) is 4.68. The monoisotopic (exact) mass is 376 g/mol. The Bertz CT molecular complexity index is 766. The normalized spacial score (nSPS) is 10.9. The largest absolute Gasteiger partial charge is 0.287 e. The van der Waals surface area contributed by atoms with E-state index in [1.165, 1.54) is 12.1 Å². The summed E-state index contributed by atoms with van der Waals surface area (Å²) in [7, 11) is 0. The highest BCUT2D eigenvalue weighted by molar-refractivity contribution is 9.10. The molecule has 0 aliphatic carbocycles. The molecule has 0 N–H and O–H groups in total. The zero-order valence-corrected chi connectivity index (χ0v) is 14.4. The smallest absolute Gasteiger partial charge is 0.173 e. The average molecular weight is 377 g/mol.